The number of hydrogen-bond acceptors (Lipinski definition) is 7. The molecule has 2 heterocycles. The summed E-state index contributed by atoms with van der Waals surface area (Å²) in [5.41, 5.74) is 9.22. The molecule has 0 radical (unpaired) electrons. The summed E-state index contributed by atoms with van der Waals surface area (Å²) in [4.78, 5) is 4.72. The van der Waals surface area contributed by atoms with Crippen molar-refractivity contribution in [2.45, 2.75) is 19.4 Å². The molecule has 0 saturated heterocycles. The van der Waals surface area contributed by atoms with Crippen molar-refractivity contribution in [1.82, 2.24) is 4.98 Å². The van der Waals surface area contributed by atoms with Crippen LogP contribution in [0, 0.1) is 6.92 Å². The van der Waals surface area contributed by atoms with Gasteiger partial charge in [-0.2, -0.15) is 5.10 Å². The monoisotopic (exact) mass is 471 g/mol. The number of hydrogen-bond donors (Lipinski definition) is 1. The topological polar surface area (TPSA) is 65.0 Å². The van der Waals surface area contributed by atoms with Crippen LogP contribution in [0.25, 0.3) is 11.3 Å². The maximum Gasteiger partial charge on any atom is 0.203 e. The summed E-state index contributed by atoms with van der Waals surface area (Å²) >= 11 is 1.51. The summed E-state index contributed by atoms with van der Waals surface area (Å²) in [5.74, 6) is 2.20. The number of fused-ring (bicyclic) bond motifs is 1. The van der Waals surface area contributed by atoms with Gasteiger partial charge in [0.15, 0.2) is 11.5 Å². The molecule has 34 heavy (non-hydrogen) atoms. The Labute approximate surface area is 202 Å². The molecule has 1 aliphatic heterocycles. The summed E-state index contributed by atoms with van der Waals surface area (Å²) in [6.45, 7) is 2.07. The number of rotatable bonds is 6. The summed E-state index contributed by atoms with van der Waals surface area (Å²) in [6, 6.07) is 22.2. The lowest BCUT2D eigenvalue weighted by Gasteiger charge is -2.27. The molecular weight excluding hydrogens is 446 g/mol. The summed E-state index contributed by atoms with van der Waals surface area (Å²) in [7, 11) is 3.25. The van der Waals surface area contributed by atoms with Gasteiger partial charge in [-0.3, -0.25) is 5.43 Å². The van der Waals surface area contributed by atoms with Gasteiger partial charge in [-0.25, -0.2) is 4.98 Å². The molecule has 6 nitrogen and oxygen atoms in total. The maximum atomic E-state index is 6.31. The van der Waals surface area contributed by atoms with Gasteiger partial charge in [0.05, 0.1) is 25.6 Å². The molecule has 7 heteroatoms. The molecule has 1 unspecified atom stereocenters. The Morgan fingerprint density at radius 1 is 1.00 bits per heavy atom. The van der Waals surface area contributed by atoms with Crippen molar-refractivity contribution < 1.29 is 14.2 Å². The van der Waals surface area contributed by atoms with Crippen molar-refractivity contribution in [2.75, 3.05) is 19.6 Å². The normalized spacial score (nSPS) is 16.0. The van der Waals surface area contributed by atoms with Crippen LogP contribution in [0.15, 0.2) is 77.2 Å². The first kappa shape index (κ1) is 22.0. The highest BCUT2D eigenvalue weighted by molar-refractivity contribution is 7.14. The quantitative estimate of drug-likeness (QED) is 0.326. The van der Waals surface area contributed by atoms with Crippen molar-refractivity contribution in [3.8, 4) is 28.5 Å². The van der Waals surface area contributed by atoms with Crippen molar-refractivity contribution in [1.29, 1.82) is 0 Å². The fourth-order valence-corrected chi connectivity index (χ4v) is 4.64. The molecule has 0 spiro atoms. The molecule has 4 aromatic rings. The smallest absolute Gasteiger partial charge is 0.203 e. The minimum Gasteiger partial charge on any atom is -0.493 e. The number of thiazole rings is 1. The van der Waals surface area contributed by atoms with Gasteiger partial charge in [-0.15, -0.1) is 11.3 Å². The largest absolute Gasteiger partial charge is 0.493 e. The van der Waals surface area contributed by atoms with Gasteiger partial charge < -0.3 is 14.2 Å². The predicted octanol–water partition coefficient (Wildman–Crippen LogP) is 6.48. The first-order chi connectivity index (χ1) is 16.6. The third kappa shape index (κ3) is 4.47. The lowest BCUT2D eigenvalue weighted by Crippen LogP contribution is -2.22. The van der Waals surface area contributed by atoms with E-state index in [9.17, 15) is 0 Å². The number of nitrogens with zero attached hydrogens (tertiary/aromatic N) is 2. The molecule has 172 valence electrons. The van der Waals surface area contributed by atoms with Crippen LogP contribution in [0.2, 0.25) is 0 Å². The lowest BCUT2D eigenvalue weighted by atomic mass is 9.94. The van der Waals surface area contributed by atoms with Gasteiger partial charge >= 0.3 is 0 Å². The number of anilines is 1. The van der Waals surface area contributed by atoms with E-state index in [0.29, 0.717) is 23.1 Å². The van der Waals surface area contributed by atoms with E-state index in [1.165, 1.54) is 11.3 Å². The Kier molecular flexibility index (Phi) is 6.18. The number of hydrazone groups is 1. The van der Waals surface area contributed by atoms with Crippen LogP contribution in [-0.4, -0.2) is 24.9 Å². The molecule has 0 saturated carbocycles. The van der Waals surface area contributed by atoms with Crippen LogP contribution in [0.5, 0.6) is 17.2 Å². The summed E-state index contributed by atoms with van der Waals surface area (Å²) < 4.78 is 17.1. The molecule has 0 fully saturated rings. The Morgan fingerprint density at radius 2 is 1.82 bits per heavy atom. The van der Waals surface area contributed by atoms with Crippen molar-refractivity contribution in [3.63, 3.8) is 0 Å². The number of aromatic nitrogens is 1. The average molecular weight is 472 g/mol. The van der Waals surface area contributed by atoms with E-state index in [1.54, 1.807) is 14.2 Å². The summed E-state index contributed by atoms with van der Waals surface area (Å²) in [5, 5.41) is 7.49. The number of ether oxygens (including phenoxy) is 3. The number of aryl methyl sites for hydroxylation is 1. The molecular formula is C27H25N3O3S. The first-order valence-electron chi connectivity index (χ1n) is 11.0. The Bertz CT molecular complexity index is 1330. The molecule has 1 atom stereocenters. The highest BCUT2D eigenvalue weighted by Gasteiger charge is 2.26. The molecule has 1 aromatic heterocycles. The van der Waals surface area contributed by atoms with Crippen LogP contribution in [-0.2, 0) is 0 Å². The SMILES string of the molecule is COc1ccc(-c2csc(N/N=C3/CC(c4ccccc4)Oc4ccc(C)cc43)n2)cc1OC. The van der Waals surface area contributed by atoms with Gasteiger partial charge in [0, 0.05) is 22.9 Å². The molecule has 5 rings (SSSR count). The highest BCUT2D eigenvalue weighted by atomic mass is 32.1. The first-order valence-corrected chi connectivity index (χ1v) is 11.9. The van der Waals surface area contributed by atoms with E-state index in [1.807, 2.05) is 47.8 Å². The Balaban J connectivity index is 1.41. The molecule has 0 amide bonds. The van der Waals surface area contributed by atoms with Crippen LogP contribution in [0.3, 0.4) is 0 Å². The van der Waals surface area contributed by atoms with Crippen LogP contribution in [0.4, 0.5) is 5.13 Å². The molecule has 0 aliphatic carbocycles. The fourth-order valence-electron chi connectivity index (χ4n) is 3.98. The second-order valence-corrected chi connectivity index (χ2v) is 8.86. The molecule has 0 bridgehead atoms. The Morgan fingerprint density at radius 3 is 2.62 bits per heavy atom. The van der Waals surface area contributed by atoms with Gasteiger partial charge in [0.2, 0.25) is 5.13 Å². The Hall–Kier alpha value is -3.84. The van der Waals surface area contributed by atoms with Gasteiger partial charge in [-0.1, -0.05) is 42.0 Å². The third-order valence-corrected chi connectivity index (χ3v) is 6.48. The molecule has 3 aromatic carbocycles. The second-order valence-electron chi connectivity index (χ2n) is 8.00. The van der Waals surface area contributed by atoms with Crippen molar-refractivity contribution >= 4 is 22.2 Å². The zero-order valence-electron chi connectivity index (χ0n) is 19.2. The average Bonchev–Trinajstić information content (AvgIpc) is 3.36. The van der Waals surface area contributed by atoms with E-state index in [4.69, 9.17) is 24.3 Å². The van der Waals surface area contributed by atoms with Crippen LogP contribution < -0.4 is 19.6 Å². The van der Waals surface area contributed by atoms with Gasteiger partial charge in [0.1, 0.15) is 11.9 Å². The fraction of sp³-hybridized carbons (Fsp3) is 0.185. The molecule has 1 aliphatic rings. The van der Waals surface area contributed by atoms with Crippen molar-refractivity contribution in [3.05, 3.63) is 88.8 Å². The number of benzene rings is 3. The van der Waals surface area contributed by atoms with Crippen LogP contribution in [0.1, 0.15) is 29.2 Å². The maximum absolute atomic E-state index is 6.31. The number of methoxy groups -OCH3 is 2. The van der Waals surface area contributed by atoms with E-state index in [2.05, 4.69) is 36.6 Å². The van der Waals surface area contributed by atoms with Crippen LogP contribution >= 0.6 is 11.3 Å². The van der Waals surface area contributed by atoms with Crippen molar-refractivity contribution in [2.24, 2.45) is 5.10 Å². The minimum atomic E-state index is -0.0874. The van der Waals surface area contributed by atoms with E-state index in [-0.39, 0.29) is 6.10 Å². The van der Waals surface area contributed by atoms with Gasteiger partial charge in [0.25, 0.3) is 0 Å². The zero-order chi connectivity index (χ0) is 23.5. The van der Waals surface area contributed by atoms with E-state index in [0.717, 1.165) is 39.4 Å². The zero-order valence-corrected chi connectivity index (χ0v) is 20.1. The third-order valence-electron chi connectivity index (χ3n) is 5.74. The number of nitrogens with one attached hydrogen (secondary N) is 1. The van der Waals surface area contributed by atoms with Gasteiger partial charge in [-0.05, 0) is 42.8 Å². The highest BCUT2D eigenvalue weighted by Crippen LogP contribution is 2.36. The minimum absolute atomic E-state index is 0.0874. The molecule has 1 N–H and O–H groups in total. The predicted molar refractivity (Wildman–Crippen MR) is 136 cm³/mol. The second kappa shape index (κ2) is 9.57. The standard InChI is InChI=1S/C27H25N3O3S/c1-17-9-11-23-20(13-17)21(15-25(33-23)18-7-5-4-6-8-18)29-30-27-28-22(16-34-27)19-10-12-24(31-2)26(14-19)32-3/h4-14,16,25H,15H2,1-3H3,(H,28,30)/b29-21-. The van der Waals surface area contributed by atoms with E-state index < -0.39 is 0 Å². The summed E-state index contributed by atoms with van der Waals surface area (Å²) in [6.07, 6.45) is 0.581. The lowest BCUT2D eigenvalue weighted by molar-refractivity contribution is 0.206. The van der Waals surface area contributed by atoms with E-state index >= 15 is 0 Å².